The Kier molecular flexibility index (Phi) is 4.96. The maximum Gasteiger partial charge on any atom is 0.310 e. The molecule has 2 N–H and O–H groups in total. The summed E-state index contributed by atoms with van der Waals surface area (Å²) in [7, 11) is 1.65. The van der Waals surface area contributed by atoms with E-state index in [1.54, 1.807) is 14.0 Å². The van der Waals surface area contributed by atoms with E-state index in [1.807, 2.05) is 13.8 Å². The lowest BCUT2D eigenvalue weighted by atomic mass is 9.76. The second-order valence-electron chi connectivity index (χ2n) is 6.07. The molecular formula is C14H25NO4. The molecule has 0 radical (unpaired) electrons. The summed E-state index contributed by atoms with van der Waals surface area (Å²) in [6.07, 6.45) is 3.01. The normalized spacial score (nSPS) is 20.5. The summed E-state index contributed by atoms with van der Waals surface area (Å²) in [5, 5.41) is 12.1. The third-order valence-corrected chi connectivity index (χ3v) is 4.60. The van der Waals surface area contributed by atoms with Crippen molar-refractivity contribution in [1.29, 1.82) is 0 Å². The maximum absolute atomic E-state index is 11.9. The van der Waals surface area contributed by atoms with Crippen LogP contribution in [0, 0.1) is 11.3 Å². The van der Waals surface area contributed by atoms with Crippen LogP contribution in [0.1, 0.15) is 46.5 Å². The fourth-order valence-electron chi connectivity index (χ4n) is 2.21. The van der Waals surface area contributed by atoms with E-state index in [9.17, 15) is 14.7 Å². The molecule has 0 heterocycles. The predicted octanol–water partition coefficient (Wildman–Crippen LogP) is 1.81. The van der Waals surface area contributed by atoms with Gasteiger partial charge in [0.05, 0.1) is 11.0 Å². The number of nitrogens with one attached hydrogen (secondary N) is 1. The zero-order valence-electron chi connectivity index (χ0n) is 12.3. The molecule has 0 saturated heterocycles. The Morgan fingerprint density at radius 2 is 2.00 bits per heavy atom. The van der Waals surface area contributed by atoms with Crippen LogP contribution < -0.4 is 5.32 Å². The average molecular weight is 271 g/mol. The number of hydrogen-bond donors (Lipinski definition) is 2. The molecule has 110 valence electrons. The molecule has 1 fully saturated rings. The highest BCUT2D eigenvalue weighted by molar-refractivity contribution is 5.84. The Morgan fingerprint density at radius 3 is 2.32 bits per heavy atom. The number of aliphatic carboxylic acids is 1. The van der Waals surface area contributed by atoms with Crippen molar-refractivity contribution < 1.29 is 19.4 Å². The Morgan fingerprint density at radius 1 is 1.42 bits per heavy atom. The van der Waals surface area contributed by atoms with Crippen LogP contribution in [-0.2, 0) is 14.3 Å². The Balaban J connectivity index is 2.52. The number of carbonyl (C=O) groups excluding carboxylic acids is 1. The monoisotopic (exact) mass is 271 g/mol. The Bertz CT molecular complexity index is 344. The summed E-state index contributed by atoms with van der Waals surface area (Å²) in [5.41, 5.74) is -1.25. The van der Waals surface area contributed by atoms with Gasteiger partial charge in [0, 0.05) is 20.1 Å². The van der Waals surface area contributed by atoms with E-state index in [-0.39, 0.29) is 23.8 Å². The van der Waals surface area contributed by atoms with Gasteiger partial charge in [-0.15, -0.1) is 0 Å². The average Bonchev–Trinajstić information content (AvgIpc) is 2.27. The van der Waals surface area contributed by atoms with Crippen LogP contribution in [0.4, 0.5) is 0 Å². The van der Waals surface area contributed by atoms with E-state index >= 15 is 0 Å². The number of methoxy groups -OCH3 is 1. The topological polar surface area (TPSA) is 75.6 Å². The summed E-state index contributed by atoms with van der Waals surface area (Å²) in [5.74, 6) is -1.25. The first-order valence-corrected chi connectivity index (χ1v) is 6.81. The van der Waals surface area contributed by atoms with Gasteiger partial charge in [0.25, 0.3) is 0 Å². The van der Waals surface area contributed by atoms with Crippen LogP contribution in [0.3, 0.4) is 0 Å². The Hall–Kier alpha value is -1.10. The van der Waals surface area contributed by atoms with Crippen molar-refractivity contribution in [2.24, 2.45) is 11.3 Å². The molecule has 0 aromatic carbocycles. The number of carbonyl (C=O) groups is 2. The van der Waals surface area contributed by atoms with Gasteiger partial charge in [-0.1, -0.05) is 13.8 Å². The number of hydrogen-bond acceptors (Lipinski definition) is 3. The lowest BCUT2D eigenvalue weighted by molar-refractivity contribution is -0.154. The van der Waals surface area contributed by atoms with Gasteiger partial charge in [0.15, 0.2) is 0 Å². The molecule has 1 aliphatic carbocycles. The molecule has 5 heteroatoms. The summed E-state index contributed by atoms with van der Waals surface area (Å²) >= 11 is 0. The van der Waals surface area contributed by atoms with Crippen molar-refractivity contribution in [3.63, 3.8) is 0 Å². The van der Waals surface area contributed by atoms with E-state index < -0.39 is 11.4 Å². The summed E-state index contributed by atoms with van der Waals surface area (Å²) < 4.78 is 5.42. The molecule has 1 saturated carbocycles. The molecule has 1 unspecified atom stereocenters. The van der Waals surface area contributed by atoms with E-state index in [0.29, 0.717) is 6.54 Å². The first-order valence-electron chi connectivity index (χ1n) is 6.81. The van der Waals surface area contributed by atoms with Gasteiger partial charge >= 0.3 is 5.97 Å². The number of rotatable bonds is 7. The fraction of sp³-hybridized carbons (Fsp3) is 0.857. The lowest BCUT2D eigenvalue weighted by Gasteiger charge is -2.40. The summed E-state index contributed by atoms with van der Waals surface area (Å²) in [4.78, 5) is 23.3. The molecular weight excluding hydrogens is 246 g/mol. The minimum Gasteiger partial charge on any atom is -0.481 e. The maximum atomic E-state index is 11.9. The van der Waals surface area contributed by atoms with E-state index in [0.717, 1.165) is 19.3 Å². The van der Waals surface area contributed by atoms with Crippen molar-refractivity contribution in [2.45, 2.75) is 52.1 Å². The molecule has 19 heavy (non-hydrogen) atoms. The largest absolute Gasteiger partial charge is 0.481 e. The van der Waals surface area contributed by atoms with Crippen LogP contribution >= 0.6 is 0 Å². The van der Waals surface area contributed by atoms with Gasteiger partial charge in [-0.05, 0) is 32.1 Å². The van der Waals surface area contributed by atoms with Crippen LogP contribution in [0.5, 0.6) is 0 Å². The second-order valence-corrected chi connectivity index (χ2v) is 6.07. The van der Waals surface area contributed by atoms with Gasteiger partial charge in [-0.25, -0.2) is 0 Å². The smallest absolute Gasteiger partial charge is 0.310 e. The highest BCUT2D eigenvalue weighted by atomic mass is 16.5. The van der Waals surface area contributed by atoms with Crippen molar-refractivity contribution in [2.75, 3.05) is 13.7 Å². The number of carboxylic acid groups (broad SMARTS) is 1. The fourth-order valence-corrected chi connectivity index (χ4v) is 2.21. The molecule has 1 rings (SSSR count). The van der Waals surface area contributed by atoms with Crippen molar-refractivity contribution in [3.05, 3.63) is 0 Å². The zero-order valence-corrected chi connectivity index (χ0v) is 12.3. The molecule has 1 amide bonds. The third kappa shape index (κ3) is 3.47. The van der Waals surface area contributed by atoms with Crippen LogP contribution in [0.15, 0.2) is 0 Å². The van der Waals surface area contributed by atoms with E-state index in [4.69, 9.17) is 4.74 Å². The van der Waals surface area contributed by atoms with Gasteiger partial charge in [0.2, 0.25) is 5.91 Å². The molecule has 5 nitrogen and oxygen atoms in total. The quantitative estimate of drug-likeness (QED) is 0.740. The molecule has 0 aromatic heterocycles. The van der Waals surface area contributed by atoms with Crippen LogP contribution in [0.25, 0.3) is 0 Å². The standard InChI is InChI=1S/C14H25NO4/c1-10(2)13(3,12(17)18)8-11(16)15-9-14(19-4)6-5-7-14/h10H,5-9H2,1-4H3,(H,15,16)(H,17,18). The Labute approximate surface area is 114 Å². The molecule has 0 aromatic rings. The lowest BCUT2D eigenvalue weighted by Crippen LogP contribution is -2.50. The van der Waals surface area contributed by atoms with Gasteiger partial charge in [-0.2, -0.15) is 0 Å². The van der Waals surface area contributed by atoms with E-state index in [1.165, 1.54) is 0 Å². The minimum atomic E-state index is -1.02. The van der Waals surface area contributed by atoms with Gasteiger partial charge in [0.1, 0.15) is 0 Å². The van der Waals surface area contributed by atoms with Crippen molar-refractivity contribution >= 4 is 11.9 Å². The first-order chi connectivity index (χ1) is 8.76. The third-order valence-electron chi connectivity index (χ3n) is 4.60. The zero-order chi connectivity index (χ0) is 14.7. The second kappa shape index (κ2) is 5.90. The molecule has 1 aliphatic rings. The predicted molar refractivity (Wildman–Crippen MR) is 71.8 cm³/mol. The van der Waals surface area contributed by atoms with Crippen LogP contribution in [0.2, 0.25) is 0 Å². The van der Waals surface area contributed by atoms with E-state index in [2.05, 4.69) is 5.32 Å². The highest BCUT2D eigenvalue weighted by Crippen LogP contribution is 2.35. The van der Waals surface area contributed by atoms with Gasteiger partial charge in [-0.3, -0.25) is 9.59 Å². The number of ether oxygens (including phenoxy) is 1. The highest BCUT2D eigenvalue weighted by Gasteiger charge is 2.40. The number of amides is 1. The molecule has 0 aliphatic heterocycles. The summed E-state index contributed by atoms with van der Waals surface area (Å²) in [6, 6.07) is 0. The molecule has 0 bridgehead atoms. The van der Waals surface area contributed by atoms with Crippen molar-refractivity contribution in [1.82, 2.24) is 5.32 Å². The van der Waals surface area contributed by atoms with Crippen molar-refractivity contribution in [3.8, 4) is 0 Å². The SMILES string of the molecule is COC1(CNC(=O)CC(C)(C(=O)O)C(C)C)CCC1. The minimum absolute atomic E-state index is 0.000204. The first kappa shape index (κ1) is 16.0. The van der Waals surface area contributed by atoms with Gasteiger partial charge < -0.3 is 15.2 Å². The molecule has 0 spiro atoms. The van der Waals surface area contributed by atoms with Crippen LogP contribution in [-0.4, -0.2) is 36.2 Å². The number of carboxylic acids is 1. The molecule has 1 atom stereocenters. The summed E-state index contributed by atoms with van der Waals surface area (Å²) in [6.45, 7) is 5.74.